The Morgan fingerprint density at radius 1 is 0.643 bits per heavy atom. The molecule has 0 spiro atoms. The molecule has 4 rings (SSSR count). The van der Waals surface area contributed by atoms with E-state index in [1.807, 2.05) is 0 Å². The van der Waals surface area contributed by atoms with Crippen molar-refractivity contribution >= 4 is 32.3 Å². The van der Waals surface area contributed by atoms with Gasteiger partial charge >= 0.3 is 0 Å². The van der Waals surface area contributed by atoms with E-state index in [0.717, 1.165) is 42.2 Å². The van der Waals surface area contributed by atoms with Crippen LogP contribution in [0.5, 0.6) is 0 Å². The van der Waals surface area contributed by atoms with Crippen LogP contribution < -0.4 is 0 Å². The molecular formula is C20H26N6S2. The van der Waals surface area contributed by atoms with Crippen LogP contribution in [0.3, 0.4) is 0 Å². The maximum atomic E-state index is 4.92. The van der Waals surface area contributed by atoms with Crippen molar-refractivity contribution in [1.82, 2.24) is 29.5 Å². The number of hydrogen-bond donors (Lipinski definition) is 0. The molecule has 0 atom stereocenters. The van der Waals surface area contributed by atoms with Crippen molar-refractivity contribution in [3.8, 4) is 21.1 Å². The monoisotopic (exact) mass is 414 g/mol. The number of nitrogens with zero attached hydrogens (tertiary/aromatic N) is 6. The largest absolute Gasteiger partial charge is 0.266 e. The molecule has 0 radical (unpaired) electrons. The number of hydrogen-bond acceptors (Lipinski definition) is 6. The summed E-state index contributed by atoms with van der Waals surface area (Å²) in [6.45, 7) is 17.0. The highest BCUT2D eigenvalue weighted by molar-refractivity contribution is 7.29. The van der Waals surface area contributed by atoms with E-state index in [9.17, 15) is 0 Å². The summed E-state index contributed by atoms with van der Waals surface area (Å²) in [5.41, 5.74) is 6.67. The molecule has 0 unspecified atom stereocenters. The fraction of sp³-hybridized carbons (Fsp3) is 0.500. The van der Waals surface area contributed by atoms with Gasteiger partial charge in [0.25, 0.3) is 0 Å². The van der Waals surface area contributed by atoms with Gasteiger partial charge in [0.2, 0.25) is 0 Å². The summed E-state index contributed by atoms with van der Waals surface area (Å²) in [5, 5.41) is 11.4. The third kappa shape index (κ3) is 2.90. The molecule has 0 N–H and O–H groups in total. The molecule has 28 heavy (non-hydrogen) atoms. The van der Waals surface area contributed by atoms with Crippen LogP contribution in [0.15, 0.2) is 0 Å². The summed E-state index contributed by atoms with van der Waals surface area (Å²) in [6, 6.07) is 0.670. The van der Waals surface area contributed by atoms with Crippen LogP contribution >= 0.6 is 22.7 Å². The Balaban J connectivity index is 1.79. The molecule has 0 aliphatic carbocycles. The Hall–Kier alpha value is -2.06. The normalized spacial score (nSPS) is 12.2. The molecule has 4 aromatic heterocycles. The number of aromatic nitrogens is 6. The zero-order valence-electron chi connectivity index (χ0n) is 17.7. The summed E-state index contributed by atoms with van der Waals surface area (Å²) >= 11 is 3.30. The van der Waals surface area contributed by atoms with Crippen LogP contribution in [0, 0.1) is 27.7 Å². The molecule has 4 heterocycles. The lowest BCUT2D eigenvalue weighted by molar-refractivity contribution is 0.516. The predicted octanol–water partition coefficient (Wildman–Crippen LogP) is 5.88. The summed E-state index contributed by atoms with van der Waals surface area (Å²) < 4.78 is 4.15. The first-order chi connectivity index (χ1) is 13.2. The van der Waals surface area contributed by atoms with Crippen LogP contribution in [0.1, 0.15) is 62.6 Å². The minimum Gasteiger partial charge on any atom is -0.266 e. The molecular weight excluding hydrogens is 388 g/mol. The van der Waals surface area contributed by atoms with E-state index in [1.165, 1.54) is 11.4 Å². The topological polar surface area (TPSA) is 61.4 Å². The highest BCUT2D eigenvalue weighted by Crippen LogP contribution is 2.40. The van der Waals surface area contributed by atoms with Gasteiger partial charge in [-0.15, -0.1) is 0 Å². The van der Waals surface area contributed by atoms with Crippen molar-refractivity contribution in [2.24, 2.45) is 0 Å². The molecule has 0 fully saturated rings. The maximum Gasteiger partial charge on any atom is 0.155 e. The third-order valence-corrected chi connectivity index (χ3v) is 7.09. The van der Waals surface area contributed by atoms with Crippen LogP contribution in [0.25, 0.3) is 30.8 Å². The Labute approximate surface area is 173 Å². The summed E-state index contributed by atoms with van der Waals surface area (Å²) in [7, 11) is 0. The number of rotatable bonds is 4. The van der Waals surface area contributed by atoms with Gasteiger partial charge in [-0.25, -0.2) is 9.97 Å². The van der Waals surface area contributed by atoms with Gasteiger partial charge in [-0.1, -0.05) is 22.7 Å². The van der Waals surface area contributed by atoms with Crippen LogP contribution in [0.4, 0.5) is 0 Å². The minimum atomic E-state index is 0.335. The third-order valence-electron chi connectivity index (χ3n) is 5.03. The number of thiazole rings is 2. The van der Waals surface area contributed by atoms with Crippen molar-refractivity contribution in [3.63, 3.8) is 0 Å². The van der Waals surface area contributed by atoms with E-state index in [2.05, 4.69) is 64.8 Å². The molecule has 0 aromatic carbocycles. The standard InChI is InChI=1S/C20H26N6S2/c1-9(2)25-13(7)15(11(5)23-25)17-21-19-20(27-17)22-18(28-19)16-12(6)24-26(10(3)4)14(16)8/h9-10H,1-8H3. The van der Waals surface area contributed by atoms with Crippen LogP contribution in [0.2, 0.25) is 0 Å². The predicted molar refractivity (Wildman–Crippen MR) is 117 cm³/mol. The first-order valence-electron chi connectivity index (χ1n) is 9.58. The highest BCUT2D eigenvalue weighted by atomic mass is 32.1. The summed E-state index contributed by atoms with van der Waals surface area (Å²) in [6.07, 6.45) is 0. The molecule has 0 saturated carbocycles. The van der Waals surface area contributed by atoms with Crippen molar-refractivity contribution < 1.29 is 0 Å². The average molecular weight is 415 g/mol. The molecule has 0 amide bonds. The van der Waals surface area contributed by atoms with Gasteiger partial charge in [0, 0.05) is 23.5 Å². The fourth-order valence-corrected chi connectivity index (χ4v) is 6.15. The molecule has 0 saturated heterocycles. The van der Waals surface area contributed by atoms with Crippen LogP contribution in [-0.4, -0.2) is 29.5 Å². The molecule has 4 aromatic rings. The lowest BCUT2D eigenvalue weighted by Crippen LogP contribution is -2.04. The van der Waals surface area contributed by atoms with Gasteiger partial charge in [0.05, 0.1) is 22.5 Å². The lowest BCUT2D eigenvalue weighted by Gasteiger charge is -2.07. The smallest absolute Gasteiger partial charge is 0.155 e. The zero-order valence-corrected chi connectivity index (χ0v) is 19.3. The second-order valence-corrected chi connectivity index (χ2v) is 9.77. The van der Waals surface area contributed by atoms with Gasteiger partial charge in [0.1, 0.15) is 10.0 Å². The van der Waals surface area contributed by atoms with Crippen molar-refractivity contribution in [3.05, 3.63) is 22.8 Å². The molecule has 8 heteroatoms. The van der Waals surface area contributed by atoms with E-state index in [1.54, 1.807) is 22.7 Å². The second-order valence-electron chi connectivity index (χ2n) is 7.82. The summed E-state index contributed by atoms with van der Waals surface area (Å²) in [4.78, 5) is 11.8. The Kier molecular flexibility index (Phi) is 4.66. The van der Waals surface area contributed by atoms with Crippen molar-refractivity contribution in [1.29, 1.82) is 0 Å². The number of fused-ring (bicyclic) bond motifs is 1. The second kappa shape index (κ2) is 6.77. The number of aryl methyl sites for hydroxylation is 2. The highest BCUT2D eigenvalue weighted by Gasteiger charge is 2.23. The van der Waals surface area contributed by atoms with Gasteiger partial charge in [-0.05, 0) is 55.4 Å². The molecule has 6 nitrogen and oxygen atoms in total. The SMILES string of the molecule is Cc1nn(C(C)C)c(C)c1-c1nc2sc(-c3c(C)nn(C(C)C)c3C)nc2s1. The van der Waals surface area contributed by atoms with Gasteiger partial charge < -0.3 is 0 Å². The quantitative estimate of drug-likeness (QED) is 0.419. The van der Waals surface area contributed by atoms with E-state index >= 15 is 0 Å². The summed E-state index contributed by atoms with van der Waals surface area (Å²) in [5.74, 6) is 0. The molecule has 0 bridgehead atoms. The average Bonchev–Trinajstić information content (AvgIpc) is 3.29. The van der Waals surface area contributed by atoms with E-state index < -0.39 is 0 Å². The van der Waals surface area contributed by atoms with E-state index in [-0.39, 0.29) is 0 Å². The molecule has 0 aliphatic rings. The Morgan fingerprint density at radius 3 is 1.29 bits per heavy atom. The van der Waals surface area contributed by atoms with E-state index in [4.69, 9.17) is 20.2 Å². The Morgan fingerprint density at radius 2 is 1.00 bits per heavy atom. The van der Waals surface area contributed by atoms with Gasteiger partial charge in [0.15, 0.2) is 9.66 Å². The molecule has 0 aliphatic heterocycles. The minimum absolute atomic E-state index is 0.335. The maximum absolute atomic E-state index is 4.92. The molecule has 148 valence electrons. The van der Waals surface area contributed by atoms with Gasteiger partial charge in [-0.3, -0.25) is 9.36 Å². The lowest BCUT2D eigenvalue weighted by atomic mass is 10.2. The van der Waals surface area contributed by atoms with Crippen molar-refractivity contribution in [2.45, 2.75) is 67.5 Å². The fourth-order valence-electron chi connectivity index (χ4n) is 3.81. The first-order valence-corrected chi connectivity index (χ1v) is 11.2. The van der Waals surface area contributed by atoms with Crippen molar-refractivity contribution in [2.75, 3.05) is 0 Å². The van der Waals surface area contributed by atoms with E-state index in [0.29, 0.717) is 12.1 Å². The first kappa shape index (κ1) is 19.3. The zero-order chi connectivity index (χ0) is 20.3. The van der Waals surface area contributed by atoms with Crippen LogP contribution in [-0.2, 0) is 0 Å². The Bertz CT molecular complexity index is 1050. The van der Waals surface area contributed by atoms with Gasteiger partial charge in [-0.2, -0.15) is 10.2 Å².